The molecule has 1 aromatic carbocycles. The van der Waals surface area contributed by atoms with Crippen LogP contribution in [0.1, 0.15) is 62.5 Å². The number of nitrogens with one attached hydrogen (secondary N) is 2. The summed E-state index contributed by atoms with van der Waals surface area (Å²) in [5, 5.41) is 7.62. The molecule has 2 fully saturated rings. The van der Waals surface area contributed by atoms with E-state index in [0.717, 1.165) is 40.8 Å². The van der Waals surface area contributed by atoms with Crippen LogP contribution in [-0.4, -0.2) is 69.2 Å². The summed E-state index contributed by atoms with van der Waals surface area (Å²) in [7, 11) is 1.95. The van der Waals surface area contributed by atoms with Crippen LogP contribution < -0.4 is 10.6 Å². The smallest absolute Gasteiger partial charge is 0.410 e. The lowest BCUT2D eigenvalue weighted by molar-refractivity contribution is -0.122. The van der Waals surface area contributed by atoms with Gasteiger partial charge < -0.3 is 24.8 Å². The average Bonchev–Trinajstić information content (AvgIpc) is 3.74. The van der Waals surface area contributed by atoms with Gasteiger partial charge in [-0.2, -0.15) is 0 Å². The lowest BCUT2D eigenvalue weighted by Crippen LogP contribution is -2.54. The van der Waals surface area contributed by atoms with Gasteiger partial charge in [-0.25, -0.2) is 9.78 Å². The van der Waals surface area contributed by atoms with Gasteiger partial charge in [-0.3, -0.25) is 9.69 Å². The summed E-state index contributed by atoms with van der Waals surface area (Å²) in [5.41, 5.74) is 4.59. The topological polar surface area (TPSA) is 91.7 Å². The third kappa shape index (κ3) is 5.85. The number of carbonyl (C=O) groups is 2. The van der Waals surface area contributed by atoms with Gasteiger partial charge in [-0.1, -0.05) is 29.8 Å². The van der Waals surface area contributed by atoms with E-state index in [1.54, 1.807) is 11.2 Å². The van der Waals surface area contributed by atoms with Crippen LogP contribution in [0.15, 0.2) is 60.7 Å². The predicted molar refractivity (Wildman–Crippen MR) is 163 cm³/mol. The fraction of sp³-hybridized carbons (Fsp3) is 0.469. The Morgan fingerprint density at radius 1 is 1.17 bits per heavy atom. The van der Waals surface area contributed by atoms with Crippen molar-refractivity contribution in [2.45, 2.75) is 57.3 Å². The molecule has 3 heterocycles. The molecule has 222 valence electrons. The first-order chi connectivity index (χ1) is 20.1. The summed E-state index contributed by atoms with van der Waals surface area (Å²) in [6, 6.07) is 5.60. The molecule has 10 heteroatoms. The van der Waals surface area contributed by atoms with E-state index in [0.29, 0.717) is 31.2 Å². The minimum absolute atomic E-state index is 0.0330. The van der Waals surface area contributed by atoms with Crippen molar-refractivity contribution >= 4 is 29.2 Å². The predicted octanol–water partition coefficient (Wildman–Crippen LogP) is 4.74. The number of fused-ring (bicyclic) bond motifs is 2. The molecule has 0 spiro atoms. The number of hydrogen-bond donors (Lipinski definition) is 2. The maximum Gasteiger partial charge on any atom is 0.410 e. The summed E-state index contributed by atoms with van der Waals surface area (Å²) < 4.78 is 7.61. The normalized spacial score (nSPS) is 23.0. The zero-order valence-electron chi connectivity index (χ0n) is 24.6. The van der Waals surface area contributed by atoms with Gasteiger partial charge in [0.05, 0.1) is 36.3 Å². The Morgan fingerprint density at radius 2 is 1.93 bits per heavy atom. The van der Waals surface area contributed by atoms with Crippen molar-refractivity contribution in [1.29, 1.82) is 0 Å². The largest absolute Gasteiger partial charge is 0.444 e. The molecule has 9 nitrogen and oxygen atoms in total. The Hall–Kier alpha value is -3.56. The van der Waals surface area contributed by atoms with Crippen molar-refractivity contribution in [3.63, 3.8) is 0 Å². The Kier molecular flexibility index (Phi) is 7.66. The lowest BCUT2D eigenvalue weighted by Gasteiger charge is -2.43. The number of imidazole rings is 1. The number of piperazine rings is 1. The summed E-state index contributed by atoms with van der Waals surface area (Å²) in [6.45, 7) is 8.21. The molecule has 2 aliphatic carbocycles. The number of amides is 2. The van der Waals surface area contributed by atoms with Gasteiger partial charge in [0.25, 0.3) is 0 Å². The van der Waals surface area contributed by atoms with Crippen molar-refractivity contribution in [3.8, 4) is 0 Å². The van der Waals surface area contributed by atoms with Crippen molar-refractivity contribution in [2.75, 3.05) is 26.2 Å². The number of ether oxygens (including phenoxy) is 1. The van der Waals surface area contributed by atoms with Crippen LogP contribution in [0, 0.1) is 5.92 Å². The third-order valence-corrected chi connectivity index (χ3v) is 8.59. The molecule has 2 N–H and O–H groups in total. The molecular weight excluding hydrogens is 552 g/mol. The summed E-state index contributed by atoms with van der Waals surface area (Å²) >= 11 is 6.67. The maximum absolute atomic E-state index is 13.2. The maximum atomic E-state index is 13.2. The molecule has 0 bridgehead atoms. The first-order valence-corrected chi connectivity index (χ1v) is 15.1. The second-order valence-corrected chi connectivity index (χ2v) is 13.0. The molecule has 42 heavy (non-hydrogen) atoms. The summed E-state index contributed by atoms with van der Waals surface area (Å²) in [5.74, 6) is 0.128. The lowest BCUT2D eigenvalue weighted by atomic mass is 9.88. The third-order valence-electron chi connectivity index (χ3n) is 8.36. The highest BCUT2D eigenvalue weighted by Crippen LogP contribution is 2.44. The molecule has 2 amide bonds. The minimum Gasteiger partial charge on any atom is -0.444 e. The number of dihydropyridines is 1. The van der Waals surface area contributed by atoms with E-state index < -0.39 is 11.6 Å². The van der Waals surface area contributed by atoms with Crippen molar-refractivity contribution < 1.29 is 14.3 Å². The van der Waals surface area contributed by atoms with Crippen molar-refractivity contribution in [2.24, 2.45) is 13.0 Å². The van der Waals surface area contributed by atoms with E-state index in [4.69, 9.17) is 16.3 Å². The first-order valence-electron chi connectivity index (χ1n) is 14.7. The second kappa shape index (κ2) is 11.3. The van der Waals surface area contributed by atoms with Gasteiger partial charge in [0, 0.05) is 44.2 Å². The number of benzene rings is 1. The number of hydrogen-bond acceptors (Lipinski definition) is 6. The van der Waals surface area contributed by atoms with E-state index in [9.17, 15) is 9.59 Å². The molecule has 1 unspecified atom stereocenters. The van der Waals surface area contributed by atoms with Gasteiger partial charge in [-0.05, 0) is 80.3 Å². The number of aryl methyl sites for hydroxylation is 1. The van der Waals surface area contributed by atoms with Crippen LogP contribution in [0.2, 0.25) is 5.02 Å². The number of allylic oxidation sites excluding steroid dienone is 2. The highest BCUT2D eigenvalue weighted by molar-refractivity contribution is 6.30. The van der Waals surface area contributed by atoms with Gasteiger partial charge in [0.15, 0.2) is 0 Å². The molecule has 4 aliphatic rings. The molecule has 1 saturated heterocycles. The SMILES string of the molecule is Cn1cncc1[C@H](NC(=O)C1CC1)C1=CC2=CC=CNC2[C@@H](N2CCN(C(=O)OC(C)(C)C)CC2)c2ccc(Cl)cc21. The molecule has 1 saturated carbocycles. The molecule has 1 aromatic heterocycles. The molecular formula is C32H39ClN6O3. The average molecular weight is 591 g/mol. The molecule has 6 rings (SSSR count). The van der Waals surface area contributed by atoms with E-state index in [-0.39, 0.29) is 30.0 Å². The molecule has 2 aromatic rings. The molecule has 0 radical (unpaired) electrons. The van der Waals surface area contributed by atoms with E-state index in [1.165, 1.54) is 0 Å². The Balaban J connectivity index is 1.39. The van der Waals surface area contributed by atoms with Crippen LogP contribution in [-0.2, 0) is 16.6 Å². The highest BCUT2D eigenvalue weighted by atomic mass is 35.5. The van der Waals surface area contributed by atoms with Crippen LogP contribution in [0.25, 0.3) is 5.57 Å². The number of halogens is 1. The summed E-state index contributed by atoms with van der Waals surface area (Å²) in [6.07, 6.45) is 13.5. The number of nitrogens with zero attached hydrogens (tertiary/aromatic N) is 4. The van der Waals surface area contributed by atoms with E-state index >= 15 is 0 Å². The van der Waals surface area contributed by atoms with Crippen molar-refractivity contribution in [1.82, 2.24) is 30.0 Å². The standard InChI is InChI=1S/C32H39ClN6O3/c1-32(2,3)42-31(41)39-14-12-38(13-15-39)29-23-10-9-22(33)17-24(23)25(16-21-6-5-11-35-27(21)29)28(26-18-34-19-37(26)4)36-30(40)20-7-8-20/h5-6,9-11,16-20,27-29,35H,7-8,12-15H2,1-4H3,(H,36,40)/t27?,28-,29+/m1/s1. The van der Waals surface area contributed by atoms with Gasteiger partial charge in [0.1, 0.15) is 5.60 Å². The Morgan fingerprint density at radius 3 is 2.60 bits per heavy atom. The Bertz CT molecular complexity index is 1460. The number of aromatic nitrogens is 2. The van der Waals surface area contributed by atoms with Gasteiger partial charge in [-0.15, -0.1) is 0 Å². The van der Waals surface area contributed by atoms with E-state index in [2.05, 4.69) is 38.7 Å². The van der Waals surface area contributed by atoms with Gasteiger partial charge in [0.2, 0.25) is 5.91 Å². The molecule has 3 atom stereocenters. The number of carbonyl (C=O) groups excluding carboxylic acids is 2. The number of rotatable bonds is 5. The van der Waals surface area contributed by atoms with Crippen LogP contribution in [0.4, 0.5) is 4.79 Å². The molecule has 2 aliphatic heterocycles. The second-order valence-electron chi connectivity index (χ2n) is 12.6. The quantitative estimate of drug-likeness (QED) is 0.523. The van der Waals surface area contributed by atoms with Crippen LogP contribution in [0.3, 0.4) is 0 Å². The zero-order chi connectivity index (χ0) is 29.6. The fourth-order valence-corrected chi connectivity index (χ4v) is 6.29. The zero-order valence-corrected chi connectivity index (χ0v) is 25.4. The first kappa shape index (κ1) is 28.6. The highest BCUT2D eigenvalue weighted by Gasteiger charge is 2.40. The fourth-order valence-electron chi connectivity index (χ4n) is 6.12. The monoisotopic (exact) mass is 590 g/mol. The Labute approximate surface area is 252 Å². The van der Waals surface area contributed by atoms with E-state index in [1.807, 2.05) is 63.0 Å². The van der Waals surface area contributed by atoms with Gasteiger partial charge >= 0.3 is 6.09 Å². The van der Waals surface area contributed by atoms with Crippen molar-refractivity contribution in [3.05, 3.63) is 82.6 Å². The van der Waals surface area contributed by atoms with Crippen LogP contribution >= 0.6 is 11.6 Å². The summed E-state index contributed by atoms with van der Waals surface area (Å²) in [4.78, 5) is 34.6. The minimum atomic E-state index is -0.535. The van der Waals surface area contributed by atoms with Crippen LogP contribution in [0.5, 0.6) is 0 Å².